The van der Waals surface area contributed by atoms with E-state index in [4.69, 9.17) is 4.74 Å². The van der Waals surface area contributed by atoms with Crippen LogP contribution in [0.15, 0.2) is 30.3 Å². The first kappa shape index (κ1) is 13.2. The van der Waals surface area contributed by atoms with E-state index in [1.807, 2.05) is 13.0 Å². The summed E-state index contributed by atoms with van der Waals surface area (Å²) in [5, 5.41) is 0. The summed E-state index contributed by atoms with van der Waals surface area (Å²) in [6.07, 6.45) is 0.231. The van der Waals surface area contributed by atoms with Crippen molar-refractivity contribution in [1.82, 2.24) is 0 Å². The van der Waals surface area contributed by atoms with E-state index in [1.54, 1.807) is 24.3 Å². The van der Waals surface area contributed by atoms with Crippen molar-refractivity contribution in [2.45, 2.75) is 25.9 Å². The fraction of sp³-hybridized carbons (Fsp3) is 0.385. The van der Waals surface area contributed by atoms with Gasteiger partial charge in [-0.05, 0) is 18.6 Å². The molecule has 0 spiro atoms. The predicted molar refractivity (Wildman–Crippen MR) is 62.6 cm³/mol. The predicted octanol–water partition coefficient (Wildman–Crippen LogP) is 2.19. The van der Waals surface area contributed by atoms with Crippen molar-refractivity contribution in [3.05, 3.63) is 35.9 Å². The standard InChI is InChI=1S/C13H16O4/c1-3-11(9-12(14)16-2)17-13(15)10-7-5-4-6-8-10/h4-8,11H,3,9H2,1-2H3. The van der Waals surface area contributed by atoms with Crippen LogP contribution < -0.4 is 0 Å². The topological polar surface area (TPSA) is 52.6 Å². The zero-order chi connectivity index (χ0) is 12.7. The van der Waals surface area contributed by atoms with E-state index in [0.29, 0.717) is 12.0 Å². The summed E-state index contributed by atoms with van der Waals surface area (Å²) in [5.74, 6) is -0.793. The van der Waals surface area contributed by atoms with Crippen LogP contribution in [0, 0.1) is 0 Å². The Hall–Kier alpha value is -1.84. The van der Waals surface area contributed by atoms with Gasteiger partial charge >= 0.3 is 11.9 Å². The van der Waals surface area contributed by atoms with Gasteiger partial charge in [0.2, 0.25) is 0 Å². The van der Waals surface area contributed by atoms with Crippen LogP contribution in [0.5, 0.6) is 0 Å². The van der Waals surface area contributed by atoms with Crippen LogP contribution in [-0.2, 0) is 14.3 Å². The minimum Gasteiger partial charge on any atom is -0.469 e. The minimum atomic E-state index is -0.435. The molecule has 1 aromatic carbocycles. The molecule has 0 aliphatic rings. The molecule has 0 radical (unpaired) electrons. The highest BCUT2D eigenvalue weighted by Gasteiger charge is 2.17. The van der Waals surface area contributed by atoms with Gasteiger partial charge in [-0.1, -0.05) is 25.1 Å². The summed E-state index contributed by atoms with van der Waals surface area (Å²) < 4.78 is 9.76. The first-order valence-corrected chi connectivity index (χ1v) is 5.50. The third-order valence-electron chi connectivity index (χ3n) is 2.36. The molecule has 1 aromatic rings. The maximum atomic E-state index is 11.7. The van der Waals surface area contributed by atoms with E-state index in [1.165, 1.54) is 7.11 Å². The second-order valence-corrected chi connectivity index (χ2v) is 3.58. The summed E-state index contributed by atoms with van der Waals surface area (Å²) in [6, 6.07) is 8.69. The Labute approximate surface area is 101 Å². The van der Waals surface area contributed by atoms with Crippen molar-refractivity contribution >= 4 is 11.9 Å². The Bertz CT molecular complexity index is 372. The smallest absolute Gasteiger partial charge is 0.338 e. The van der Waals surface area contributed by atoms with Crippen LogP contribution in [0.2, 0.25) is 0 Å². The van der Waals surface area contributed by atoms with Gasteiger partial charge in [0, 0.05) is 0 Å². The van der Waals surface area contributed by atoms with E-state index >= 15 is 0 Å². The van der Waals surface area contributed by atoms with Gasteiger partial charge in [0.1, 0.15) is 6.10 Å². The number of hydrogen-bond donors (Lipinski definition) is 0. The lowest BCUT2D eigenvalue weighted by atomic mass is 10.2. The molecule has 92 valence electrons. The largest absolute Gasteiger partial charge is 0.469 e. The van der Waals surface area contributed by atoms with E-state index in [2.05, 4.69) is 4.74 Å². The molecule has 0 saturated heterocycles. The lowest BCUT2D eigenvalue weighted by Crippen LogP contribution is -2.21. The fourth-order valence-corrected chi connectivity index (χ4v) is 1.33. The maximum Gasteiger partial charge on any atom is 0.338 e. The summed E-state index contributed by atoms with van der Waals surface area (Å²) in [4.78, 5) is 22.8. The molecule has 0 aliphatic carbocycles. The third-order valence-corrected chi connectivity index (χ3v) is 2.36. The average Bonchev–Trinajstić information content (AvgIpc) is 2.38. The molecule has 1 rings (SSSR count). The Morgan fingerprint density at radius 2 is 1.88 bits per heavy atom. The number of rotatable bonds is 5. The second-order valence-electron chi connectivity index (χ2n) is 3.58. The third kappa shape index (κ3) is 4.26. The van der Waals surface area contributed by atoms with Crippen molar-refractivity contribution < 1.29 is 19.1 Å². The number of methoxy groups -OCH3 is 1. The van der Waals surface area contributed by atoms with E-state index in [9.17, 15) is 9.59 Å². The molecule has 0 saturated carbocycles. The minimum absolute atomic E-state index is 0.0889. The van der Waals surface area contributed by atoms with E-state index < -0.39 is 12.1 Å². The van der Waals surface area contributed by atoms with Gasteiger partial charge < -0.3 is 9.47 Å². The molecule has 4 nitrogen and oxygen atoms in total. The van der Waals surface area contributed by atoms with Crippen LogP contribution >= 0.6 is 0 Å². The van der Waals surface area contributed by atoms with Gasteiger partial charge in [0.15, 0.2) is 0 Å². The van der Waals surface area contributed by atoms with Crippen molar-refractivity contribution in [2.75, 3.05) is 7.11 Å². The Kier molecular flexibility index (Phi) is 5.20. The molecule has 0 bridgehead atoms. The number of ether oxygens (including phenoxy) is 2. The molecule has 0 amide bonds. The first-order valence-electron chi connectivity index (χ1n) is 5.50. The number of benzene rings is 1. The zero-order valence-corrected chi connectivity index (χ0v) is 10.0. The highest BCUT2D eigenvalue weighted by molar-refractivity contribution is 5.89. The fourth-order valence-electron chi connectivity index (χ4n) is 1.33. The monoisotopic (exact) mass is 236 g/mol. The summed E-state index contributed by atoms with van der Waals surface area (Å²) >= 11 is 0. The summed E-state index contributed by atoms with van der Waals surface area (Å²) in [5.41, 5.74) is 0.482. The lowest BCUT2D eigenvalue weighted by molar-refractivity contribution is -0.142. The van der Waals surface area contributed by atoms with Gasteiger partial charge in [0.25, 0.3) is 0 Å². The number of hydrogen-bond acceptors (Lipinski definition) is 4. The molecule has 17 heavy (non-hydrogen) atoms. The summed E-state index contributed by atoms with van der Waals surface area (Å²) in [6.45, 7) is 1.85. The molecule has 0 aliphatic heterocycles. The van der Waals surface area contributed by atoms with Crippen LogP contribution in [0.1, 0.15) is 30.1 Å². The zero-order valence-electron chi connectivity index (χ0n) is 10.0. The number of carbonyl (C=O) groups is 2. The normalized spacial score (nSPS) is 11.6. The van der Waals surface area contributed by atoms with Gasteiger partial charge in [0.05, 0.1) is 19.1 Å². The van der Waals surface area contributed by atoms with Crippen LogP contribution in [0.4, 0.5) is 0 Å². The Morgan fingerprint density at radius 1 is 1.24 bits per heavy atom. The van der Waals surface area contributed by atoms with E-state index in [-0.39, 0.29) is 12.4 Å². The second kappa shape index (κ2) is 6.68. The lowest BCUT2D eigenvalue weighted by Gasteiger charge is -2.14. The molecule has 1 atom stereocenters. The molecule has 0 aromatic heterocycles. The summed E-state index contributed by atoms with van der Waals surface area (Å²) in [7, 11) is 1.31. The van der Waals surface area contributed by atoms with E-state index in [0.717, 1.165) is 0 Å². The molecule has 1 unspecified atom stereocenters. The van der Waals surface area contributed by atoms with Crippen LogP contribution in [0.25, 0.3) is 0 Å². The Morgan fingerprint density at radius 3 is 2.41 bits per heavy atom. The molecular weight excluding hydrogens is 220 g/mol. The number of esters is 2. The van der Waals surface area contributed by atoms with Gasteiger partial charge in [-0.3, -0.25) is 4.79 Å². The van der Waals surface area contributed by atoms with Crippen LogP contribution in [-0.4, -0.2) is 25.2 Å². The maximum absolute atomic E-state index is 11.7. The van der Waals surface area contributed by atoms with Gasteiger partial charge in [-0.2, -0.15) is 0 Å². The van der Waals surface area contributed by atoms with Gasteiger partial charge in [-0.15, -0.1) is 0 Å². The molecule has 0 heterocycles. The molecular formula is C13H16O4. The Balaban J connectivity index is 2.57. The van der Waals surface area contributed by atoms with Crippen LogP contribution in [0.3, 0.4) is 0 Å². The highest BCUT2D eigenvalue weighted by Crippen LogP contribution is 2.09. The molecule has 0 fully saturated rings. The van der Waals surface area contributed by atoms with Crippen molar-refractivity contribution in [1.29, 1.82) is 0 Å². The van der Waals surface area contributed by atoms with Crippen molar-refractivity contribution in [3.63, 3.8) is 0 Å². The quantitative estimate of drug-likeness (QED) is 0.735. The molecule has 4 heteroatoms. The number of carbonyl (C=O) groups excluding carboxylic acids is 2. The average molecular weight is 236 g/mol. The highest BCUT2D eigenvalue weighted by atomic mass is 16.6. The van der Waals surface area contributed by atoms with Crippen molar-refractivity contribution in [3.8, 4) is 0 Å². The van der Waals surface area contributed by atoms with Crippen molar-refractivity contribution in [2.24, 2.45) is 0 Å². The van der Waals surface area contributed by atoms with Gasteiger partial charge in [-0.25, -0.2) is 4.79 Å². The first-order chi connectivity index (χ1) is 8.17. The molecule has 0 N–H and O–H groups in total. The SMILES string of the molecule is CCC(CC(=O)OC)OC(=O)c1ccccc1.